The zero-order chi connectivity index (χ0) is 13.4. The van der Waals surface area contributed by atoms with E-state index < -0.39 is 0 Å². The van der Waals surface area contributed by atoms with Crippen LogP contribution in [0.5, 0.6) is 0 Å². The van der Waals surface area contributed by atoms with Crippen LogP contribution in [-0.4, -0.2) is 37.0 Å². The molecular weight excluding hydrogens is 218 g/mol. The predicted octanol–water partition coefficient (Wildman–Crippen LogP) is 0.404. The number of likely N-dealkylation sites (N-methyl/N-ethyl adjacent to an activating group) is 1. The summed E-state index contributed by atoms with van der Waals surface area (Å²) >= 11 is 0. The van der Waals surface area contributed by atoms with Crippen molar-refractivity contribution in [1.29, 1.82) is 0 Å². The molecule has 0 aromatic rings. The standard InChI is InChI=1S/C12H25N3O2/c1-6-10(7-2)15-12(17)9(4)14-8(3)11(16)13-5/h8-10,14H,6-7H2,1-5H3,(H,13,16)(H,15,17). The minimum absolute atomic E-state index is 0.0607. The summed E-state index contributed by atoms with van der Waals surface area (Å²) in [5.41, 5.74) is 0. The zero-order valence-electron chi connectivity index (χ0n) is 11.5. The van der Waals surface area contributed by atoms with Gasteiger partial charge in [0.1, 0.15) is 0 Å². The van der Waals surface area contributed by atoms with E-state index in [2.05, 4.69) is 16.0 Å². The van der Waals surface area contributed by atoms with E-state index in [4.69, 9.17) is 0 Å². The Labute approximate surface area is 104 Å². The summed E-state index contributed by atoms with van der Waals surface area (Å²) in [4.78, 5) is 23.1. The fourth-order valence-electron chi connectivity index (χ4n) is 1.56. The molecule has 0 radical (unpaired) electrons. The summed E-state index contributed by atoms with van der Waals surface area (Å²) in [6, 6.07) is -0.535. The molecule has 3 N–H and O–H groups in total. The van der Waals surface area contributed by atoms with Crippen molar-refractivity contribution in [3.63, 3.8) is 0 Å². The van der Waals surface area contributed by atoms with Gasteiger partial charge in [0.05, 0.1) is 12.1 Å². The lowest BCUT2D eigenvalue weighted by Crippen LogP contribution is -2.52. The van der Waals surface area contributed by atoms with Crippen molar-refractivity contribution in [3.05, 3.63) is 0 Å². The highest BCUT2D eigenvalue weighted by Gasteiger charge is 2.20. The molecule has 0 saturated heterocycles. The fourth-order valence-corrected chi connectivity index (χ4v) is 1.56. The van der Waals surface area contributed by atoms with Crippen LogP contribution in [0, 0.1) is 0 Å². The van der Waals surface area contributed by atoms with Gasteiger partial charge in [0.2, 0.25) is 11.8 Å². The molecule has 0 aliphatic heterocycles. The summed E-state index contributed by atoms with van der Waals surface area (Å²) in [6.45, 7) is 7.58. The van der Waals surface area contributed by atoms with E-state index >= 15 is 0 Å². The van der Waals surface area contributed by atoms with Gasteiger partial charge >= 0.3 is 0 Å². The maximum Gasteiger partial charge on any atom is 0.237 e. The zero-order valence-corrected chi connectivity index (χ0v) is 11.5. The van der Waals surface area contributed by atoms with Crippen LogP contribution in [0.3, 0.4) is 0 Å². The molecule has 5 nitrogen and oxygen atoms in total. The van der Waals surface area contributed by atoms with Gasteiger partial charge in [-0.15, -0.1) is 0 Å². The van der Waals surface area contributed by atoms with Crippen LogP contribution in [0.2, 0.25) is 0 Å². The number of rotatable bonds is 7. The van der Waals surface area contributed by atoms with Crippen molar-refractivity contribution in [2.45, 2.75) is 58.7 Å². The van der Waals surface area contributed by atoms with Crippen LogP contribution in [0.4, 0.5) is 0 Å². The summed E-state index contributed by atoms with van der Waals surface area (Å²) in [5, 5.41) is 8.44. The van der Waals surface area contributed by atoms with Gasteiger partial charge in [-0.05, 0) is 26.7 Å². The molecule has 17 heavy (non-hydrogen) atoms. The van der Waals surface area contributed by atoms with Crippen LogP contribution in [0.15, 0.2) is 0 Å². The lowest BCUT2D eigenvalue weighted by Gasteiger charge is -2.21. The Morgan fingerprint density at radius 3 is 1.88 bits per heavy atom. The third-order valence-corrected chi connectivity index (χ3v) is 2.86. The number of nitrogens with one attached hydrogen (secondary N) is 3. The molecule has 2 atom stereocenters. The molecule has 0 heterocycles. The molecule has 0 aromatic heterocycles. The van der Waals surface area contributed by atoms with Crippen LogP contribution in [-0.2, 0) is 9.59 Å². The van der Waals surface area contributed by atoms with E-state index in [1.165, 1.54) is 0 Å². The van der Waals surface area contributed by atoms with Crippen molar-refractivity contribution in [2.75, 3.05) is 7.05 Å². The SMILES string of the molecule is CCC(CC)NC(=O)C(C)NC(C)C(=O)NC. The second-order valence-electron chi connectivity index (χ2n) is 4.25. The highest BCUT2D eigenvalue weighted by atomic mass is 16.2. The molecular formula is C12H25N3O2. The first-order chi connectivity index (χ1) is 7.96. The minimum Gasteiger partial charge on any atom is -0.358 e. The first kappa shape index (κ1) is 15.9. The Kier molecular flexibility index (Phi) is 7.54. The van der Waals surface area contributed by atoms with Crippen LogP contribution in [0.1, 0.15) is 40.5 Å². The second-order valence-corrected chi connectivity index (χ2v) is 4.25. The van der Waals surface area contributed by atoms with Crippen LogP contribution >= 0.6 is 0 Å². The van der Waals surface area contributed by atoms with Crippen molar-refractivity contribution < 1.29 is 9.59 Å². The lowest BCUT2D eigenvalue weighted by atomic mass is 10.1. The highest BCUT2D eigenvalue weighted by molar-refractivity contribution is 5.84. The monoisotopic (exact) mass is 243 g/mol. The average molecular weight is 243 g/mol. The smallest absolute Gasteiger partial charge is 0.237 e. The molecule has 0 aliphatic rings. The Balaban J connectivity index is 4.17. The molecule has 0 aromatic carbocycles. The first-order valence-corrected chi connectivity index (χ1v) is 6.24. The van der Waals surface area contributed by atoms with Gasteiger partial charge in [-0.25, -0.2) is 0 Å². The highest BCUT2D eigenvalue weighted by Crippen LogP contribution is 1.97. The van der Waals surface area contributed by atoms with Gasteiger partial charge < -0.3 is 10.6 Å². The molecule has 0 bridgehead atoms. The Bertz CT molecular complexity index is 252. The van der Waals surface area contributed by atoms with E-state index in [-0.39, 0.29) is 29.9 Å². The van der Waals surface area contributed by atoms with E-state index in [1.54, 1.807) is 20.9 Å². The van der Waals surface area contributed by atoms with Gasteiger partial charge in [-0.2, -0.15) is 0 Å². The number of carbonyl (C=O) groups excluding carboxylic acids is 2. The Hall–Kier alpha value is -1.10. The van der Waals surface area contributed by atoms with Gasteiger partial charge in [0, 0.05) is 13.1 Å². The number of hydrogen-bond donors (Lipinski definition) is 3. The fraction of sp³-hybridized carbons (Fsp3) is 0.833. The normalized spacial score (nSPS) is 14.2. The van der Waals surface area contributed by atoms with E-state index in [9.17, 15) is 9.59 Å². The second kappa shape index (κ2) is 8.06. The third-order valence-electron chi connectivity index (χ3n) is 2.86. The molecule has 2 amide bonds. The molecule has 100 valence electrons. The maximum atomic E-state index is 11.8. The topological polar surface area (TPSA) is 70.2 Å². The van der Waals surface area contributed by atoms with Crippen molar-refractivity contribution >= 4 is 11.8 Å². The maximum absolute atomic E-state index is 11.8. The predicted molar refractivity (Wildman–Crippen MR) is 68.6 cm³/mol. The van der Waals surface area contributed by atoms with Crippen LogP contribution < -0.4 is 16.0 Å². The van der Waals surface area contributed by atoms with Crippen molar-refractivity contribution in [3.8, 4) is 0 Å². The number of carbonyl (C=O) groups is 2. The largest absolute Gasteiger partial charge is 0.358 e. The van der Waals surface area contributed by atoms with E-state index in [0.29, 0.717) is 0 Å². The van der Waals surface area contributed by atoms with Gasteiger partial charge in [0.15, 0.2) is 0 Å². The minimum atomic E-state index is -0.373. The summed E-state index contributed by atoms with van der Waals surface area (Å²) < 4.78 is 0. The molecule has 0 aliphatic carbocycles. The molecule has 5 heteroatoms. The molecule has 0 spiro atoms. The number of hydrogen-bond acceptors (Lipinski definition) is 3. The number of amides is 2. The Morgan fingerprint density at radius 1 is 1.00 bits per heavy atom. The van der Waals surface area contributed by atoms with Crippen molar-refractivity contribution in [1.82, 2.24) is 16.0 Å². The van der Waals surface area contributed by atoms with Gasteiger partial charge in [-0.1, -0.05) is 13.8 Å². The third kappa shape index (κ3) is 5.68. The molecule has 0 fully saturated rings. The molecule has 2 unspecified atom stereocenters. The average Bonchev–Trinajstić information content (AvgIpc) is 2.34. The first-order valence-electron chi connectivity index (χ1n) is 6.24. The summed E-state index contributed by atoms with van der Waals surface area (Å²) in [5.74, 6) is -0.179. The van der Waals surface area contributed by atoms with Crippen LogP contribution in [0.25, 0.3) is 0 Å². The van der Waals surface area contributed by atoms with E-state index in [1.807, 2.05) is 13.8 Å². The lowest BCUT2D eigenvalue weighted by molar-refractivity contribution is -0.125. The quantitative estimate of drug-likeness (QED) is 0.606. The summed E-state index contributed by atoms with van der Waals surface area (Å²) in [7, 11) is 1.58. The Morgan fingerprint density at radius 2 is 1.47 bits per heavy atom. The molecule has 0 saturated carbocycles. The van der Waals surface area contributed by atoms with Gasteiger partial charge in [-0.3, -0.25) is 14.9 Å². The van der Waals surface area contributed by atoms with E-state index in [0.717, 1.165) is 12.8 Å². The molecule has 0 rings (SSSR count). The van der Waals surface area contributed by atoms with Gasteiger partial charge in [0.25, 0.3) is 0 Å². The van der Waals surface area contributed by atoms with Crippen molar-refractivity contribution in [2.24, 2.45) is 0 Å². The summed E-state index contributed by atoms with van der Waals surface area (Å²) in [6.07, 6.45) is 1.83.